The molecule has 2 aromatic rings. The number of ether oxygens (including phenoxy) is 2. The maximum Gasteiger partial charge on any atom is 0.228 e. The van der Waals surface area contributed by atoms with Gasteiger partial charge in [-0.05, 0) is 49.4 Å². The number of carbonyl (C=O) groups is 1. The van der Waals surface area contributed by atoms with Gasteiger partial charge in [0.1, 0.15) is 5.82 Å². The molecule has 0 spiro atoms. The van der Waals surface area contributed by atoms with Crippen molar-refractivity contribution in [1.82, 2.24) is 9.97 Å². The van der Waals surface area contributed by atoms with E-state index in [-0.39, 0.29) is 23.9 Å². The highest BCUT2D eigenvalue weighted by atomic mass is 16.5. The van der Waals surface area contributed by atoms with Crippen LogP contribution in [0.5, 0.6) is 11.5 Å². The number of amides is 1. The van der Waals surface area contributed by atoms with Crippen molar-refractivity contribution in [3.8, 4) is 11.5 Å². The van der Waals surface area contributed by atoms with Crippen LogP contribution in [0.2, 0.25) is 0 Å². The number of methoxy groups -OCH3 is 1. The van der Waals surface area contributed by atoms with Crippen molar-refractivity contribution < 1.29 is 14.3 Å². The van der Waals surface area contributed by atoms with Gasteiger partial charge in [0, 0.05) is 25.1 Å². The van der Waals surface area contributed by atoms with E-state index in [1.807, 2.05) is 18.2 Å². The van der Waals surface area contributed by atoms with Gasteiger partial charge in [-0.1, -0.05) is 6.07 Å². The zero-order valence-electron chi connectivity index (χ0n) is 15.4. The highest BCUT2D eigenvalue weighted by Crippen LogP contribution is 2.37. The van der Waals surface area contributed by atoms with Crippen LogP contribution < -0.4 is 20.1 Å². The van der Waals surface area contributed by atoms with Gasteiger partial charge in [0.25, 0.3) is 0 Å². The van der Waals surface area contributed by atoms with Crippen LogP contribution in [0.15, 0.2) is 30.5 Å². The Labute approximate surface area is 158 Å². The fourth-order valence-electron chi connectivity index (χ4n) is 3.89. The highest BCUT2D eigenvalue weighted by Gasteiger charge is 2.33. The summed E-state index contributed by atoms with van der Waals surface area (Å²) >= 11 is 0. The van der Waals surface area contributed by atoms with E-state index in [0.29, 0.717) is 18.8 Å². The number of aromatic nitrogens is 2. The lowest BCUT2D eigenvalue weighted by atomic mass is 9.98. The molecule has 27 heavy (non-hydrogen) atoms. The summed E-state index contributed by atoms with van der Waals surface area (Å²) in [6.07, 6.45) is 6.83. The smallest absolute Gasteiger partial charge is 0.228 e. The summed E-state index contributed by atoms with van der Waals surface area (Å²) in [4.78, 5) is 22.3. The van der Waals surface area contributed by atoms with E-state index in [1.54, 1.807) is 24.3 Å². The van der Waals surface area contributed by atoms with Gasteiger partial charge in [-0.25, -0.2) is 4.98 Å². The summed E-state index contributed by atoms with van der Waals surface area (Å²) in [6.45, 7) is 0.560. The van der Waals surface area contributed by atoms with E-state index in [2.05, 4.69) is 9.97 Å². The fourth-order valence-corrected chi connectivity index (χ4v) is 3.89. The molecule has 1 saturated heterocycles. The lowest BCUT2D eigenvalue weighted by Crippen LogP contribution is -2.25. The molecule has 1 aromatic carbocycles. The molecule has 1 saturated carbocycles. The molecule has 0 radical (unpaired) electrons. The molecule has 1 atom stereocenters. The molecule has 2 N–H and O–H groups in total. The molecule has 2 fully saturated rings. The fraction of sp³-hybridized carbons (Fsp3) is 0.450. The Morgan fingerprint density at radius 3 is 2.74 bits per heavy atom. The van der Waals surface area contributed by atoms with Gasteiger partial charge in [-0.3, -0.25) is 9.69 Å². The number of nitrogens with two attached hydrogens (primary N) is 1. The largest absolute Gasteiger partial charge is 0.493 e. The third kappa shape index (κ3) is 3.67. The van der Waals surface area contributed by atoms with E-state index < -0.39 is 0 Å². The molecule has 0 bridgehead atoms. The number of carbonyl (C=O) groups excluding carboxylic acids is 1. The lowest BCUT2D eigenvalue weighted by molar-refractivity contribution is -0.117. The maximum absolute atomic E-state index is 12.5. The molecule has 0 unspecified atom stereocenters. The summed E-state index contributed by atoms with van der Waals surface area (Å²) in [6, 6.07) is 7.66. The second kappa shape index (κ2) is 7.42. The summed E-state index contributed by atoms with van der Waals surface area (Å²) < 4.78 is 11.7. The Hall–Kier alpha value is -2.83. The number of benzene rings is 1. The topological polar surface area (TPSA) is 90.6 Å². The Morgan fingerprint density at radius 2 is 2.00 bits per heavy atom. The van der Waals surface area contributed by atoms with Gasteiger partial charge in [-0.15, -0.1) is 0 Å². The summed E-state index contributed by atoms with van der Waals surface area (Å²) in [5.41, 5.74) is 6.73. The van der Waals surface area contributed by atoms with Crippen molar-refractivity contribution in [3.63, 3.8) is 0 Å². The van der Waals surface area contributed by atoms with Crippen LogP contribution in [0.1, 0.15) is 43.6 Å². The molecule has 7 heteroatoms. The standard InChI is InChI=1S/C20H24N4O3/c1-26-16-7-6-13(10-17(16)27-15-4-2-3-5-15)14-11-19(25)24(12-14)18-8-9-22-20(21)23-18/h6-10,14-15H,2-5,11-12H2,1H3,(H2,21,22,23)/t14-/m0/s1. The Morgan fingerprint density at radius 1 is 1.19 bits per heavy atom. The van der Waals surface area contributed by atoms with Gasteiger partial charge < -0.3 is 15.2 Å². The number of hydrogen-bond donors (Lipinski definition) is 1. The van der Waals surface area contributed by atoms with E-state index >= 15 is 0 Å². The van der Waals surface area contributed by atoms with E-state index in [0.717, 1.165) is 29.9 Å². The van der Waals surface area contributed by atoms with E-state index in [9.17, 15) is 4.79 Å². The molecule has 1 aliphatic heterocycles. The van der Waals surface area contributed by atoms with Gasteiger partial charge in [0.05, 0.1) is 13.2 Å². The first kappa shape index (κ1) is 17.6. The van der Waals surface area contributed by atoms with E-state index in [4.69, 9.17) is 15.2 Å². The van der Waals surface area contributed by atoms with Gasteiger partial charge in [0.2, 0.25) is 11.9 Å². The monoisotopic (exact) mass is 368 g/mol. The second-order valence-corrected chi connectivity index (χ2v) is 7.11. The van der Waals surface area contributed by atoms with Crippen LogP contribution in [-0.2, 0) is 4.79 Å². The Bertz CT molecular complexity index is 836. The number of rotatable bonds is 5. The van der Waals surface area contributed by atoms with Crippen LogP contribution in [0.25, 0.3) is 0 Å². The molecule has 142 valence electrons. The van der Waals surface area contributed by atoms with Crippen molar-refractivity contribution in [2.24, 2.45) is 0 Å². The van der Waals surface area contributed by atoms with Crippen LogP contribution >= 0.6 is 0 Å². The van der Waals surface area contributed by atoms with Gasteiger partial charge in [-0.2, -0.15) is 4.98 Å². The quantitative estimate of drug-likeness (QED) is 0.873. The summed E-state index contributed by atoms with van der Waals surface area (Å²) in [7, 11) is 1.65. The number of anilines is 2. The first-order valence-electron chi connectivity index (χ1n) is 9.37. The van der Waals surface area contributed by atoms with Crippen molar-refractivity contribution >= 4 is 17.7 Å². The van der Waals surface area contributed by atoms with E-state index in [1.165, 1.54) is 12.8 Å². The van der Waals surface area contributed by atoms with Crippen LogP contribution in [0.3, 0.4) is 0 Å². The van der Waals surface area contributed by atoms with Crippen molar-refractivity contribution in [2.45, 2.75) is 44.1 Å². The van der Waals surface area contributed by atoms with Crippen molar-refractivity contribution in [1.29, 1.82) is 0 Å². The van der Waals surface area contributed by atoms with Gasteiger partial charge >= 0.3 is 0 Å². The predicted octanol–water partition coefficient (Wildman–Crippen LogP) is 2.91. The Kier molecular flexibility index (Phi) is 4.83. The van der Waals surface area contributed by atoms with Gasteiger partial charge in [0.15, 0.2) is 11.5 Å². The number of hydrogen-bond acceptors (Lipinski definition) is 6. The average molecular weight is 368 g/mol. The SMILES string of the molecule is COc1ccc([C@H]2CC(=O)N(c3ccnc(N)n3)C2)cc1OC1CCCC1. The zero-order valence-corrected chi connectivity index (χ0v) is 15.4. The third-order valence-corrected chi connectivity index (χ3v) is 5.32. The number of nitrogen functional groups attached to an aromatic ring is 1. The summed E-state index contributed by atoms with van der Waals surface area (Å²) in [5.74, 6) is 2.32. The molecule has 1 aliphatic carbocycles. The minimum atomic E-state index is 0.0344. The van der Waals surface area contributed by atoms with Crippen molar-refractivity contribution in [2.75, 3.05) is 24.3 Å². The average Bonchev–Trinajstić information content (AvgIpc) is 3.31. The highest BCUT2D eigenvalue weighted by molar-refractivity contribution is 5.95. The first-order chi connectivity index (χ1) is 13.1. The third-order valence-electron chi connectivity index (χ3n) is 5.32. The molecule has 2 heterocycles. The normalized spacial score (nSPS) is 20.3. The minimum absolute atomic E-state index is 0.0344. The molecule has 2 aliphatic rings. The number of nitrogens with zero attached hydrogens (tertiary/aromatic N) is 3. The molecular formula is C20H24N4O3. The van der Waals surface area contributed by atoms with Crippen LogP contribution in [0.4, 0.5) is 11.8 Å². The minimum Gasteiger partial charge on any atom is -0.493 e. The molecular weight excluding hydrogens is 344 g/mol. The Balaban J connectivity index is 1.55. The second-order valence-electron chi connectivity index (χ2n) is 7.11. The van der Waals surface area contributed by atoms with Crippen LogP contribution in [-0.4, -0.2) is 35.6 Å². The maximum atomic E-state index is 12.5. The molecule has 7 nitrogen and oxygen atoms in total. The van der Waals surface area contributed by atoms with Crippen LogP contribution in [0, 0.1) is 0 Å². The molecule has 1 aromatic heterocycles. The molecule has 1 amide bonds. The summed E-state index contributed by atoms with van der Waals surface area (Å²) in [5, 5.41) is 0. The first-order valence-corrected chi connectivity index (χ1v) is 9.37. The zero-order chi connectivity index (χ0) is 18.8. The molecule has 4 rings (SSSR count). The lowest BCUT2D eigenvalue weighted by Gasteiger charge is -2.19. The van der Waals surface area contributed by atoms with Crippen molar-refractivity contribution in [3.05, 3.63) is 36.0 Å². The predicted molar refractivity (Wildman–Crippen MR) is 102 cm³/mol.